The lowest BCUT2D eigenvalue weighted by atomic mass is 10.1. The molecular formula is C94H144NO8P. The summed E-state index contributed by atoms with van der Waals surface area (Å²) in [7, 11) is 1.11. The Kier molecular flexibility index (Phi) is 75.2. The second kappa shape index (κ2) is 80.4. The van der Waals surface area contributed by atoms with E-state index in [0.29, 0.717) is 23.9 Å². The minimum absolute atomic E-state index is 0.0523. The number of rotatable bonds is 70. The molecule has 0 radical (unpaired) electrons. The Morgan fingerprint density at radius 2 is 0.519 bits per heavy atom. The molecule has 0 aromatic rings. The number of ether oxygens (including phenoxy) is 2. The number of nitrogens with zero attached hydrogens (tertiary/aromatic N) is 1. The van der Waals surface area contributed by atoms with Gasteiger partial charge in [0, 0.05) is 12.8 Å². The van der Waals surface area contributed by atoms with Crippen LogP contribution in [-0.4, -0.2) is 70.0 Å². The van der Waals surface area contributed by atoms with Crippen LogP contribution >= 0.6 is 7.82 Å². The van der Waals surface area contributed by atoms with Crippen LogP contribution in [0.3, 0.4) is 0 Å². The molecule has 0 N–H and O–H groups in total. The van der Waals surface area contributed by atoms with Crippen molar-refractivity contribution in [3.05, 3.63) is 267 Å². The van der Waals surface area contributed by atoms with Gasteiger partial charge in [-0.15, -0.1) is 0 Å². The molecule has 0 aliphatic carbocycles. The summed E-state index contributed by atoms with van der Waals surface area (Å²) in [4.78, 5) is 38.2. The molecule has 0 aliphatic rings. The smallest absolute Gasteiger partial charge is 0.306 e. The van der Waals surface area contributed by atoms with E-state index in [-0.39, 0.29) is 26.1 Å². The number of hydrogen-bond acceptors (Lipinski definition) is 8. The van der Waals surface area contributed by atoms with Gasteiger partial charge >= 0.3 is 11.9 Å². The lowest BCUT2D eigenvalue weighted by Gasteiger charge is -2.28. The van der Waals surface area contributed by atoms with Gasteiger partial charge in [-0.05, 0) is 180 Å². The van der Waals surface area contributed by atoms with Gasteiger partial charge < -0.3 is 27.9 Å². The summed E-state index contributed by atoms with van der Waals surface area (Å²) in [5.74, 6) is -0.893. The van der Waals surface area contributed by atoms with Gasteiger partial charge in [0.2, 0.25) is 0 Å². The first kappa shape index (κ1) is 97.3. The van der Waals surface area contributed by atoms with Crippen LogP contribution < -0.4 is 4.89 Å². The molecule has 0 fully saturated rings. The van der Waals surface area contributed by atoms with Crippen molar-refractivity contribution in [1.29, 1.82) is 0 Å². The van der Waals surface area contributed by atoms with Crippen LogP contribution in [0.1, 0.15) is 258 Å². The maximum atomic E-state index is 12.9. The van der Waals surface area contributed by atoms with Gasteiger partial charge in [0.25, 0.3) is 7.82 Å². The van der Waals surface area contributed by atoms with Crippen molar-refractivity contribution >= 4 is 19.8 Å². The number of phosphoric acid groups is 1. The standard InChI is InChI=1S/C94H144NO8P/c1-6-8-10-12-14-16-18-20-22-24-26-28-30-32-34-36-38-40-42-44-46-47-49-51-53-55-57-59-61-63-65-67-69-71-73-75-77-79-81-83-85-87-94(97)103-92(91-102-104(98,99)101-89-88-95(3,4)5)90-100-93(96)86-84-82-80-78-76-74-72-70-68-66-64-62-60-58-56-54-52-50-48-45-43-41-39-37-35-33-31-29-27-25-23-21-19-17-15-13-11-9-7-2/h8-11,14-17,20-23,26-29,32-35,38-41,44-46,48-49,51-52,54-55,57-58,60-61,63-64,66-67,69,73,75,92H,6-7,12-13,18-19,24-25,30-31,36-37,42-43,47,50,53,56,59,62,65,68,70-72,74,76-91H2,1-5H3/b10-8-,11-9-,16-14-,17-15-,22-20-,23-21-,28-26-,29-27-,34-32-,35-33-,40-38-,41-39-,46-44-,48-45-,51-49-,54-52-,57-55-,60-58-,63-61-,66-64-,69-67-,75-73-. The molecule has 0 aliphatic heterocycles. The highest BCUT2D eigenvalue weighted by molar-refractivity contribution is 7.45. The van der Waals surface area contributed by atoms with Crippen molar-refractivity contribution in [3.8, 4) is 0 Å². The fourth-order valence-electron chi connectivity index (χ4n) is 9.72. The first-order chi connectivity index (χ1) is 51.0. The second-order valence-electron chi connectivity index (χ2n) is 26.6. The third kappa shape index (κ3) is 84.2. The molecule has 0 spiro atoms. The minimum Gasteiger partial charge on any atom is -0.756 e. The van der Waals surface area contributed by atoms with Crippen LogP contribution in [0.25, 0.3) is 0 Å². The lowest BCUT2D eigenvalue weighted by molar-refractivity contribution is -0.870. The van der Waals surface area contributed by atoms with E-state index in [0.717, 1.165) is 193 Å². The number of carbonyl (C=O) groups is 2. The first-order valence-corrected chi connectivity index (χ1v) is 41.5. The van der Waals surface area contributed by atoms with Crippen LogP contribution in [0.15, 0.2) is 267 Å². The van der Waals surface area contributed by atoms with Crippen LogP contribution in [-0.2, 0) is 32.7 Å². The summed E-state index contributed by atoms with van der Waals surface area (Å²) >= 11 is 0. The predicted molar refractivity (Wildman–Crippen MR) is 451 cm³/mol. The van der Waals surface area contributed by atoms with E-state index in [9.17, 15) is 19.0 Å². The number of phosphoric ester groups is 1. The van der Waals surface area contributed by atoms with Crippen LogP contribution in [0.2, 0.25) is 0 Å². The zero-order chi connectivity index (χ0) is 75.4. The maximum absolute atomic E-state index is 12.9. The van der Waals surface area contributed by atoms with Crippen LogP contribution in [0.5, 0.6) is 0 Å². The van der Waals surface area contributed by atoms with Crippen molar-refractivity contribution in [3.63, 3.8) is 0 Å². The van der Waals surface area contributed by atoms with Crippen molar-refractivity contribution in [2.24, 2.45) is 0 Å². The summed E-state index contributed by atoms with van der Waals surface area (Å²) in [6.45, 7) is 3.94. The number of esters is 2. The Hall–Kier alpha value is -6.71. The highest BCUT2D eigenvalue weighted by Gasteiger charge is 2.22. The topological polar surface area (TPSA) is 111 Å². The molecule has 2 unspecified atom stereocenters. The number of likely N-dealkylation sites (N-methyl/N-ethyl adjacent to an activating group) is 1. The Morgan fingerprint density at radius 1 is 0.298 bits per heavy atom. The molecule has 0 rings (SSSR count). The van der Waals surface area contributed by atoms with Gasteiger partial charge in [-0.25, -0.2) is 0 Å². The third-order valence-electron chi connectivity index (χ3n) is 15.7. The van der Waals surface area contributed by atoms with E-state index in [1.54, 1.807) is 0 Å². The molecule has 0 bridgehead atoms. The summed E-state index contributed by atoms with van der Waals surface area (Å²) in [5, 5.41) is 0. The molecule has 0 saturated carbocycles. The molecular weight excluding hydrogens is 1300 g/mol. The quantitative estimate of drug-likeness (QED) is 0.0195. The highest BCUT2D eigenvalue weighted by Crippen LogP contribution is 2.38. The van der Waals surface area contributed by atoms with Crippen molar-refractivity contribution in [2.75, 3.05) is 47.5 Å². The second-order valence-corrected chi connectivity index (χ2v) is 28.0. The Bertz CT molecular complexity index is 2770. The Labute approximate surface area is 637 Å². The molecule has 104 heavy (non-hydrogen) atoms. The van der Waals surface area contributed by atoms with Gasteiger partial charge in [0.15, 0.2) is 6.10 Å². The summed E-state index contributed by atoms with van der Waals surface area (Å²) < 4.78 is 34.3. The lowest BCUT2D eigenvalue weighted by Crippen LogP contribution is -2.37. The van der Waals surface area contributed by atoms with E-state index < -0.39 is 32.5 Å². The van der Waals surface area contributed by atoms with E-state index >= 15 is 0 Å². The number of unbranched alkanes of at least 4 members (excludes halogenated alkanes) is 12. The largest absolute Gasteiger partial charge is 0.756 e. The van der Waals surface area contributed by atoms with Crippen LogP contribution in [0.4, 0.5) is 0 Å². The molecule has 0 aromatic heterocycles. The first-order valence-electron chi connectivity index (χ1n) is 40.0. The van der Waals surface area contributed by atoms with Crippen molar-refractivity contribution < 1.29 is 42.1 Å². The molecule has 2 atom stereocenters. The van der Waals surface area contributed by atoms with E-state index in [1.165, 1.54) is 25.7 Å². The van der Waals surface area contributed by atoms with Gasteiger partial charge in [0.05, 0.1) is 27.7 Å². The van der Waals surface area contributed by atoms with Crippen molar-refractivity contribution in [2.45, 2.75) is 264 Å². The highest BCUT2D eigenvalue weighted by atomic mass is 31.2. The van der Waals surface area contributed by atoms with Gasteiger partial charge in [0.1, 0.15) is 19.8 Å². The molecule has 578 valence electrons. The average Bonchev–Trinajstić information content (AvgIpc) is 0.920. The number of allylic oxidation sites excluding steroid dienone is 44. The van der Waals surface area contributed by atoms with E-state index in [4.69, 9.17) is 18.5 Å². The third-order valence-corrected chi connectivity index (χ3v) is 16.7. The maximum Gasteiger partial charge on any atom is 0.306 e. The van der Waals surface area contributed by atoms with E-state index in [1.807, 2.05) is 21.1 Å². The zero-order valence-corrected chi connectivity index (χ0v) is 66.7. The van der Waals surface area contributed by atoms with Gasteiger partial charge in [-0.1, -0.05) is 333 Å². The molecule has 0 heterocycles. The van der Waals surface area contributed by atoms with Crippen molar-refractivity contribution in [1.82, 2.24) is 0 Å². The predicted octanol–water partition coefficient (Wildman–Crippen LogP) is 26.7. The van der Waals surface area contributed by atoms with Gasteiger partial charge in [-0.2, -0.15) is 0 Å². The normalized spacial score (nSPS) is 14.5. The Morgan fingerprint density at radius 3 is 0.769 bits per heavy atom. The number of hydrogen-bond donors (Lipinski definition) is 0. The molecule has 0 aromatic carbocycles. The molecule has 9 nitrogen and oxygen atoms in total. The fraction of sp³-hybridized carbons (Fsp3) is 0.511. The van der Waals surface area contributed by atoms with Gasteiger partial charge in [-0.3, -0.25) is 14.2 Å². The van der Waals surface area contributed by atoms with E-state index in [2.05, 4.69) is 281 Å². The number of carbonyl (C=O) groups excluding carboxylic acids is 2. The fourth-order valence-corrected chi connectivity index (χ4v) is 10.5. The monoisotopic (exact) mass is 1450 g/mol. The Balaban J connectivity index is 4.19. The SMILES string of the molecule is CC/C=C\C/C=C\C/C=C\C/C=C\C/C=C\C/C=C\C/C=C\C/C=C\C/C=C\C/C=C\C/C=C\C/C=C\CCCCCCC(=O)OC(COC(=O)CCCCCCCCCC/C=C\C/C=C\C/C=C\C/C=C\C/C=C\C/C=C\C/C=C\C/C=C\C/C=C\C/C=C\CC)COP(=O)([O-])OCC[N+](C)(C)C. The summed E-state index contributed by atoms with van der Waals surface area (Å²) in [6, 6.07) is 0. The molecule has 0 saturated heterocycles. The van der Waals surface area contributed by atoms with Crippen LogP contribution in [0, 0.1) is 0 Å². The average molecular weight is 1450 g/mol. The summed E-state index contributed by atoms with van der Waals surface area (Å²) in [6.07, 6.45) is 133. The minimum atomic E-state index is -4.68. The summed E-state index contributed by atoms with van der Waals surface area (Å²) in [5.41, 5.74) is 0. The number of quaternary nitrogens is 1. The molecule has 10 heteroatoms. The molecule has 0 amide bonds. The zero-order valence-electron chi connectivity index (χ0n) is 65.8.